The van der Waals surface area contributed by atoms with E-state index in [1.807, 2.05) is 74.5 Å². The van der Waals surface area contributed by atoms with E-state index >= 15 is 0 Å². The molecule has 0 radical (unpaired) electrons. The van der Waals surface area contributed by atoms with Crippen LogP contribution in [0.1, 0.15) is 37.8 Å². The first kappa shape index (κ1) is 23.7. The van der Waals surface area contributed by atoms with Gasteiger partial charge in [0.2, 0.25) is 0 Å². The van der Waals surface area contributed by atoms with Crippen LogP contribution in [0.5, 0.6) is 0 Å². The average molecular weight is 454 g/mol. The summed E-state index contributed by atoms with van der Waals surface area (Å²) in [5, 5.41) is 3.69. The van der Waals surface area contributed by atoms with E-state index in [-0.39, 0.29) is 6.10 Å². The molecule has 2 fully saturated rings. The average Bonchev–Trinajstić information content (AvgIpc) is 3.25. The molecule has 4 atom stereocenters. The molecule has 2 saturated heterocycles. The Morgan fingerprint density at radius 2 is 1.61 bits per heavy atom. The molecular formula is C25H31N3O5. The molecule has 2 heterocycles. The maximum absolute atomic E-state index is 8.68. The predicted molar refractivity (Wildman–Crippen MR) is 122 cm³/mol. The highest BCUT2D eigenvalue weighted by Crippen LogP contribution is 2.46. The van der Waals surface area contributed by atoms with Crippen molar-refractivity contribution >= 4 is 0 Å². The van der Waals surface area contributed by atoms with E-state index in [4.69, 9.17) is 29.2 Å². The largest absolute Gasteiger partial charge is 0.374 e. The van der Waals surface area contributed by atoms with Crippen LogP contribution in [0, 0.1) is 0 Å². The molecule has 33 heavy (non-hydrogen) atoms. The minimum atomic E-state index is -0.791. The topological polar surface area (TPSA) is 94.9 Å². The quantitative estimate of drug-likeness (QED) is 0.204. The summed E-state index contributed by atoms with van der Waals surface area (Å²) < 4.78 is 31.4. The third-order valence-corrected chi connectivity index (χ3v) is 5.91. The summed E-state index contributed by atoms with van der Waals surface area (Å²) in [4.78, 5) is 2.87. The number of fused-ring (bicyclic) bond motifs is 1. The van der Waals surface area contributed by atoms with Gasteiger partial charge in [-0.3, -0.25) is 0 Å². The van der Waals surface area contributed by atoms with Crippen LogP contribution in [0.3, 0.4) is 0 Å². The first-order valence-corrected chi connectivity index (χ1v) is 11.3. The molecular weight excluding hydrogens is 422 g/mol. The lowest BCUT2D eigenvalue weighted by Gasteiger charge is -2.36. The van der Waals surface area contributed by atoms with Crippen molar-refractivity contribution in [2.45, 2.75) is 69.8 Å². The number of nitrogens with zero attached hydrogens (tertiary/aromatic N) is 3. The van der Waals surface area contributed by atoms with E-state index in [0.29, 0.717) is 39.2 Å². The molecule has 8 nitrogen and oxygen atoms in total. The lowest BCUT2D eigenvalue weighted by molar-refractivity contribution is -0.256. The summed E-state index contributed by atoms with van der Waals surface area (Å²) in [6, 6.07) is 20.0. The van der Waals surface area contributed by atoms with Crippen molar-refractivity contribution in [3.8, 4) is 0 Å². The molecule has 0 amide bonds. The summed E-state index contributed by atoms with van der Waals surface area (Å²) in [6.07, 6.45) is -0.136. The van der Waals surface area contributed by atoms with Gasteiger partial charge >= 0.3 is 0 Å². The molecule has 0 spiro atoms. The second-order valence-corrected chi connectivity index (χ2v) is 8.90. The monoisotopic (exact) mass is 453 g/mol. The Labute approximate surface area is 194 Å². The third-order valence-electron chi connectivity index (χ3n) is 5.91. The number of hydrogen-bond donors (Lipinski definition) is 0. The molecule has 2 aliphatic heterocycles. The highest BCUT2D eigenvalue weighted by Gasteiger charge is 2.62. The minimum Gasteiger partial charge on any atom is -0.374 e. The molecule has 2 aromatic rings. The van der Waals surface area contributed by atoms with Gasteiger partial charge in [-0.25, -0.2) is 0 Å². The lowest BCUT2D eigenvalue weighted by Crippen LogP contribution is -2.50. The van der Waals surface area contributed by atoms with Gasteiger partial charge in [-0.2, -0.15) is 0 Å². The molecule has 0 aliphatic carbocycles. The van der Waals surface area contributed by atoms with Crippen molar-refractivity contribution in [1.82, 2.24) is 0 Å². The second kappa shape index (κ2) is 10.7. The Balaban J connectivity index is 1.53. The first-order chi connectivity index (χ1) is 16.0. The molecule has 2 aliphatic rings. The van der Waals surface area contributed by atoms with Gasteiger partial charge in [0.15, 0.2) is 12.1 Å². The van der Waals surface area contributed by atoms with Gasteiger partial charge in [0, 0.05) is 11.5 Å². The fraction of sp³-hybridized carbons (Fsp3) is 0.520. The smallest absolute Gasteiger partial charge is 0.190 e. The Kier molecular flexibility index (Phi) is 7.65. The van der Waals surface area contributed by atoms with Crippen LogP contribution in [-0.2, 0) is 36.9 Å². The second-order valence-electron chi connectivity index (χ2n) is 8.90. The van der Waals surface area contributed by atoms with Crippen LogP contribution < -0.4 is 0 Å². The molecule has 0 bridgehead atoms. The van der Waals surface area contributed by atoms with E-state index in [1.54, 1.807) is 0 Å². The molecule has 4 rings (SSSR count). The van der Waals surface area contributed by atoms with Gasteiger partial charge in [-0.05, 0) is 43.3 Å². The van der Waals surface area contributed by atoms with Crippen LogP contribution in [-0.4, -0.2) is 43.0 Å². The van der Waals surface area contributed by atoms with Crippen LogP contribution in [0.2, 0.25) is 0 Å². The lowest BCUT2D eigenvalue weighted by atomic mass is 9.90. The van der Waals surface area contributed by atoms with Crippen molar-refractivity contribution in [3.63, 3.8) is 0 Å². The van der Waals surface area contributed by atoms with Gasteiger partial charge in [0.1, 0.15) is 17.8 Å². The third kappa shape index (κ3) is 5.92. The zero-order valence-corrected chi connectivity index (χ0v) is 19.1. The molecule has 176 valence electrons. The first-order valence-electron chi connectivity index (χ1n) is 11.3. The Morgan fingerprint density at radius 1 is 0.939 bits per heavy atom. The van der Waals surface area contributed by atoms with E-state index < -0.39 is 23.8 Å². The van der Waals surface area contributed by atoms with Crippen LogP contribution in [0.15, 0.2) is 65.8 Å². The molecule has 2 aromatic carbocycles. The molecule has 0 N–H and O–H groups in total. The van der Waals surface area contributed by atoms with Crippen molar-refractivity contribution in [2.24, 2.45) is 5.11 Å². The van der Waals surface area contributed by atoms with E-state index in [1.165, 1.54) is 0 Å². The van der Waals surface area contributed by atoms with Crippen LogP contribution >= 0.6 is 0 Å². The molecule has 8 heteroatoms. The van der Waals surface area contributed by atoms with Crippen molar-refractivity contribution < 1.29 is 23.7 Å². The predicted octanol–water partition coefficient (Wildman–Crippen LogP) is 5.13. The summed E-state index contributed by atoms with van der Waals surface area (Å²) in [6.45, 7) is 5.29. The van der Waals surface area contributed by atoms with Gasteiger partial charge in [-0.15, -0.1) is 0 Å². The summed E-state index contributed by atoms with van der Waals surface area (Å²) >= 11 is 0. The fourth-order valence-electron chi connectivity index (χ4n) is 4.46. The Bertz CT molecular complexity index is 936. The summed E-state index contributed by atoms with van der Waals surface area (Å²) in [5.74, 6) is -0.758. The van der Waals surface area contributed by atoms with Gasteiger partial charge in [0.05, 0.1) is 19.8 Å². The maximum Gasteiger partial charge on any atom is 0.190 e. The Morgan fingerprint density at radius 3 is 2.27 bits per heavy atom. The zero-order chi connectivity index (χ0) is 23.2. The SMILES string of the molecule is CC1(C)O[C@H]2O[C@](CCCN=[N+]=[N-])(COCc3ccccc3)[C@@H](OCc3ccccc3)[C@H]2O1. The maximum atomic E-state index is 8.68. The van der Waals surface area contributed by atoms with Crippen LogP contribution in [0.4, 0.5) is 0 Å². The van der Waals surface area contributed by atoms with Gasteiger partial charge < -0.3 is 23.7 Å². The summed E-state index contributed by atoms with van der Waals surface area (Å²) in [7, 11) is 0. The Hall–Kier alpha value is -2.45. The standard InChI is InChI=1S/C25H31N3O5/c1-24(2)31-21-22(30-17-20-12-7-4-8-13-20)25(33-23(21)32-24,14-9-15-27-28-26)18-29-16-19-10-5-3-6-11-19/h3-8,10-13,21-23H,9,14-18H2,1-2H3/t21-,22+,23+,25-/m1/s1. The minimum absolute atomic E-state index is 0.303. The number of ether oxygens (including phenoxy) is 5. The highest BCUT2D eigenvalue weighted by molar-refractivity contribution is 5.15. The molecule has 0 aromatic heterocycles. The normalized spacial score (nSPS) is 27.8. The van der Waals surface area contributed by atoms with Gasteiger partial charge in [-0.1, -0.05) is 65.8 Å². The molecule has 0 saturated carbocycles. The van der Waals surface area contributed by atoms with Crippen LogP contribution in [0.25, 0.3) is 10.4 Å². The number of benzene rings is 2. The number of rotatable bonds is 11. The number of azide groups is 1. The zero-order valence-electron chi connectivity index (χ0n) is 19.1. The van der Waals surface area contributed by atoms with E-state index in [2.05, 4.69) is 10.0 Å². The summed E-state index contributed by atoms with van der Waals surface area (Å²) in [5.41, 5.74) is 10.0. The fourth-order valence-corrected chi connectivity index (χ4v) is 4.46. The van der Waals surface area contributed by atoms with E-state index in [0.717, 1.165) is 11.1 Å². The van der Waals surface area contributed by atoms with Crippen molar-refractivity contribution in [3.05, 3.63) is 82.2 Å². The number of hydrogen-bond acceptors (Lipinski definition) is 6. The molecule has 0 unspecified atom stereocenters. The highest BCUT2D eigenvalue weighted by atomic mass is 16.8. The van der Waals surface area contributed by atoms with Crippen molar-refractivity contribution in [2.75, 3.05) is 13.2 Å². The van der Waals surface area contributed by atoms with E-state index in [9.17, 15) is 0 Å². The van der Waals surface area contributed by atoms with Gasteiger partial charge in [0.25, 0.3) is 0 Å². The van der Waals surface area contributed by atoms with Crippen molar-refractivity contribution in [1.29, 1.82) is 0 Å².